The Bertz CT molecular complexity index is 594. The summed E-state index contributed by atoms with van der Waals surface area (Å²) in [6, 6.07) is 0.674. The molecule has 0 bridgehead atoms. The normalized spacial score (nSPS) is 33.1. The van der Waals surface area contributed by atoms with E-state index in [4.69, 9.17) is 0 Å². The molecule has 30 heavy (non-hydrogen) atoms. The van der Waals surface area contributed by atoms with Gasteiger partial charge >= 0.3 is 0 Å². The summed E-state index contributed by atoms with van der Waals surface area (Å²) in [5.41, 5.74) is -0.119. The van der Waals surface area contributed by atoms with E-state index in [1.54, 1.807) is 0 Å². The van der Waals surface area contributed by atoms with E-state index in [0.717, 1.165) is 32.5 Å². The standard InChI is InChI=1S/C24H44N4O2/c1-18-9-5-7-11-20(18)25-22(29)15-27-13-14-28(24(3,4)17-27)16-23(30)26-21-12-8-6-10-19(21)2/h18-21H,5-17H2,1-4H3,(H,25,29)(H,26,30)/t18-,19-,20+,21-/m1/s1. The predicted octanol–water partition coefficient (Wildman–Crippen LogP) is 2.77. The van der Waals surface area contributed by atoms with Gasteiger partial charge < -0.3 is 10.6 Å². The highest BCUT2D eigenvalue weighted by molar-refractivity contribution is 5.79. The summed E-state index contributed by atoms with van der Waals surface area (Å²) in [6.45, 7) is 12.3. The lowest BCUT2D eigenvalue weighted by molar-refractivity contribution is -0.129. The fraction of sp³-hybridized carbons (Fsp3) is 0.917. The molecule has 3 rings (SSSR count). The Balaban J connectivity index is 1.44. The van der Waals surface area contributed by atoms with Crippen LogP contribution < -0.4 is 10.6 Å². The molecule has 172 valence electrons. The molecular weight excluding hydrogens is 376 g/mol. The molecule has 0 aromatic heterocycles. The number of hydrogen-bond acceptors (Lipinski definition) is 4. The Kier molecular flexibility index (Phi) is 8.19. The van der Waals surface area contributed by atoms with Crippen LogP contribution >= 0.6 is 0 Å². The molecule has 0 radical (unpaired) electrons. The smallest absolute Gasteiger partial charge is 0.234 e. The quantitative estimate of drug-likeness (QED) is 0.694. The highest BCUT2D eigenvalue weighted by Crippen LogP contribution is 2.25. The molecule has 0 unspecified atom stereocenters. The maximum absolute atomic E-state index is 12.7. The van der Waals surface area contributed by atoms with Gasteiger partial charge in [-0.1, -0.05) is 39.5 Å². The molecular formula is C24H44N4O2. The van der Waals surface area contributed by atoms with Crippen molar-refractivity contribution in [2.24, 2.45) is 11.8 Å². The molecule has 2 saturated carbocycles. The van der Waals surface area contributed by atoms with Gasteiger partial charge in [0.25, 0.3) is 0 Å². The third kappa shape index (κ3) is 6.43. The van der Waals surface area contributed by atoms with Gasteiger partial charge in [-0.15, -0.1) is 0 Å². The molecule has 6 nitrogen and oxygen atoms in total. The number of nitrogens with zero attached hydrogens (tertiary/aromatic N) is 2. The monoisotopic (exact) mass is 420 g/mol. The largest absolute Gasteiger partial charge is 0.352 e. The molecule has 0 spiro atoms. The van der Waals surface area contributed by atoms with Crippen LogP contribution in [0.4, 0.5) is 0 Å². The number of carbonyl (C=O) groups is 2. The fourth-order valence-electron chi connectivity index (χ4n) is 5.66. The minimum Gasteiger partial charge on any atom is -0.352 e. The van der Waals surface area contributed by atoms with Crippen molar-refractivity contribution in [1.82, 2.24) is 20.4 Å². The first kappa shape index (κ1) is 23.5. The third-order valence-corrected chi connectivity index (χ3v) is 7.77. The second kappa shape index (κ2) is 10.4. The Morgan fingerprint density at radius 2 is 1.30 bits per heavy atom. The van der Waals surface area contributed by atoms with Gasteiger partial charge in [0.2, 0.25) is 11.8 Å². The second-order valence-electron chi connectivity index (χ2n) is 10.8. The molecule has 2 aliphatic carbocycles. The summed E-state index contributed by atoms with van der Waals surface area (Å²) in [5.74, 6) is 1.47. The maximum Gasteiger partial charge on any atom is 0.234 e. The van der Waals surface area contributed by atoms with Crippen molar-refractivity contribution in [3.8, 4) is 0 Å². The van der Waals surface area contributed by atoms with Gasteiger partial charge in [0.1, 0.15) is 0 Å². The Hall–Kier alpha value is -1.14. The lowest BCUT2D eigenvalue weighted by atomic mass is 9.86. The first-order valence-corrected chi connectivity index (χ1v) is 12.3. The van der Waals surface area contributed by atoms with Crippen LogP contribution in [0.25, 0.3) is 0 Å². The van der Waals surface area contributed by atoms with Gasteiger partial charge in [0, 0.05) is 37.3 Å². The molecule has 4 atom stereocenters. The average molecular weight is 421 g/mol. The van der Waals surface area contributed by atoms with Crippen molar-refractivity contribution in [2.75, 3.05) is 32.7 Å². The summed E-state index contributed by atoms with van der Waals surface area (Å²) in [5, 5.41) is 6.57. The van der Waals surface area contributed by atoms with Gasteiger partial charge in [0.15, 0.2) is 0 Å². The lowest BCUT2D eigenvalue weighted by Crippen LogP contribution is -2.62. The number of nitrogens with one attached hydrogen (secondary N) is 2. The first-order valence-electron chi connectivity index (χ1n) is 12.3. The van der Waals surface area contributed by atoms with Crippen LogP contribution in [-0.2, 0) is 9.59 Å². The second-order valence-corrected chi connectivity index (χ2v) is 10.8. The van der Waals surface area contributed by atoms with Crippen molar-refractivity contribution in [1.29, 1.82) is 0 Å². The van der Waals surface area contributed by atoms with E-state index in [2.05, 4.69) is 48.1 Å². The molecule has 0 aromatic carbocycles. The number of amides is 2. The molecule has 3 fully saturated rings. The van der Waals surface area contributed by atoms with E-state index >= 15 is 0 Å². The number of piperazine rings is 1. The van der Waals surface area contributed by atoms with Gasteiger partial charge in [0.05, 0.1) is 13.1 Å². The molecule has 6 heteroatoms. The Labute approximate surface area is 183 Å². The van der Waals surface area contributed by atoms with Gasteiger partial charge in [-0.2, -0.15) is 0 Å². The van der Waals surface area contributed by atoms with Gasteiger partial charge in [-0.05, 0) is 51.4 Å². The summed E-state index contributed by atoms with van der Waals surface area (Å²) in [6.07, 6.45) is 9.69. The van der Waals surface area contributed by atoms with Gasteiger partial charge in [-0.25, -0.2) is 0 Å². The van der Waals surface area contributed by atoms with E-state index in [0.29, 0.717) is 37.0 Å². The van der Waals surface area contributed by atoms with Crippen LogP contribution in [0.3, 0.4) is 0 Å². The fourth-order valence-corrected chi connectivity index (χ4v) is 5.66. The van der Waals surface area contributed by atoms with Crippen molar-refractivity contribution >= 4 is 11.8 Å². The van der Waals surface area contributed by atoms with Crippen molar-refractivity contribution < 1.29 is 9.59 Å². The van der Waals surface area contributed by atoms with Crippen molar-refractivity contribution in [3.05, 3.63) is 0 Å². The number of hydrogen-bond donors (Lipinski definition) is 2. The zero-order chi connectivity index (χ0) is 21.7. The van der Waals surface area contributed by atoms with E-state index in [1.807, 2.05) is 0 Å². The van der Waals surface area contributed by atoms with Crippen LogP contribution in [0, 0.1) is 11.8 Å². The molecule has 2 amide bonds. The maximum atomic E-state index is 12.7. The van der Waals surface area contributed by atoms with Crippen LogP contribution in [0.5, 0.6) is 0 Å². The SMILES string of the molecule is C[C@@H]1CCCC[C@@H]1NC(=O)CN1CCN(CC(=O)N[C@@H]2CCCC[C@H]2C)C(C)(C)C1. The number of carbonyl (C=O) groups excluding carboxylic acids is 2. The zero-order valence-electron chi connectivity index (χ0n) is 19.7. The van der Waals surface area contributed by atoms with Crippen molar-refractivity contribution in [3.63, 3.8) is 0 Å². The first-order chi connectivity index (χ1) is 14.2. The minimum atomic E-state index is -0.119. The lowest BCUT2D eigenvalue weighted by Gasteiger charge is -2.47. The summed E-state index contributed by atoms with van der Waals surface area (Å²) < 4.78 is 0. The van der Waals surface area contributed by atoms with Crippen LogP contribution in [0.15, 0.2) is 0 Å². The average Bonchev–Trinajstić information content (AvgIpc) is 2.67. The molecule has 1 heterocycles. The molecule has 2 N–H and O–H groups in total. The summed E-state index contributed by atoms with van der Waals surface area (Å²) >= 11 is 0. The Morgan fingerprint density at radius 1 is 0.800 bits per heavy atom. The molecule has 0 aromatic rings. The van der Waals surface area contributed by atoms with E-state index < -0.39 is 0 Å². The summed E-state index contributed by atoms with van der Waals surface area (Å²) in [7, 11) is 0. The predicted molar refractivity (Wildman–Crippen MR) is 121 cm³/mol. The molecule has 1 saturated heterocycles. The van der Waals surface area contributed by atoms with Crippen molar-refractivity contribution in [2.45, 2.75) is 96.7 Å². The van der Waals surface area contributed by atoms with Crippen LogP contribution in [0.1, 0.15) is 79.1 Å². The minimum absolute atomic E-state index is 0.119. The highest BCUT2D eigenvalue weighted by atomic mass is 16.2. The van der Waals surface area contributed by atoms with E-state index in [9.17, 15) is 9.59 Å². The zero-order valence-corrected chi connectivity index (χ0v) is 19.7. The summed E-state index contributed by atoms with van der Waals surface area (Å²) in [4.78, 5) is 29.8. The van der Waals surface area contributed by atoms with Crippen LogP contribution in [-0.4, -0.2) is 72.0 Å². The van der Waals surface area contributed by atoms with Gasteiger partial charge in [-0.3, -0.25) is 19.4 Å². The van der Waals surface area contributed by atoms with E-state index in [-0.39, 0.29) is 17.4 Å². The highest BCUT2D eigenvalue weighted by Gasteiger charge is 2.36. The Morgan fingerprint density at radius 3 is 1.80 bits per heavy atom. The molecule has 1 aliphatic heterocycles. The third-order valence-electron chi connectivity index (χ3n) is 7.77. The molecule has 3 aliphatic rings. The van der Waals surface area contributed by atoms with Crippen LogP contribution in [0.2, 0.25) is 0 Å². The van der Waals surface area contributed by atoms with E-state index in [1.165, 1.54) is 38.5 Å². The number of rotatable bonds is 6. The topological polar surface area (TPSA) is 64.7 Å².